The summed E-state index contributed by atoms with van der Waals surface area (Å²) in [5, 5.41) is 2.86. The van der Waals surface area contributed by atoms with Gasteiger partial charge in [-0.15, -0.1) is 0 Å². The smallest absolute Gasteiger partial charge is 0.261 e. The van der Waals surface area contributed by atoms with Gasteiger partial charge in [0.05, 0.1) is 0 Å². The molecule has 246 valence electrons. The molecule has 4 aliphatic rings. The number of unbranched alkanes of at least 4 members (excludes halogenated alkanes) is 5. The molecule has 45 heavy (non-hydrogen) atoms. The van der Waals surface area contributed by atoms with Gasteiger partial charge in [0.2, 0.25) is 0 Å². The number of fused-ring (bicyclic) bond motifs is 5. The maximum absolute atomic E-state index is 7.71. The molecule has 0 N–H and O–H groups in total. The summed E-state index contributed by atoms with van der Waals surface area (Å²) in [6.07, 6.45) is 24.1. The Balaban J connectivity index is 1.19. The molecule has 2 aromatic rings. The van der Waals surface area contributed by atoms with E-state index in [4.69, 9.17) is 4.43 Å². The summed E-state index contributed by atoms with van der Waals surface area (Å²) < 4.78 is 7.71. The minimum absolute atomic E-state index is 0.0326. The van der Waals surface area contributed by atoms with Crippen LogP contribution in [0.15, 0.2) is 72.3 Å². The molecule has 3 saturated carbocycles. The van der Waals surface area contributed by atoms with Crippen molar-refractivity contribution in [2.24, 2.45) is 34.5 Å². The summed E-state index contributed by atoms with van der Waals surface area (Å²) in [5.74, 6) is 3.70. The predicted octanol–water partition coefficient (Wildman–Crippen LogP) is 11.3. The molecule has 0 saturated heterocycles. The molecule has 0 radical (unpaired) electrons. The van der Waals surface area contributed by atoms with E-state index in [-0.39, 0.29) is 5.04 Å². The monoisotopic (exact) mass is 624 g/mol. The Bertz CT molecular complexity index is 1240. The van der Waals surface area contributed by atoms with Crippen LogP contribution in [-0.4, -0.2) is 14.4 Å². The molecule has 0 heterocycles. The molecule has 2 aromatic carbocycles. The summed E-state index contributed by atoms with van der Waals surface area (Å²) >= 11 is 0. The number of hydrogen-bond donors (Lipinski definition) is 0. The first-order valence-electron chi connectivity index (χ1n) is 19.1. The summed E-state index contributed by atoms with van der Waals surface area (Å²) in [7, 11) is -2.54. The fourth-order valence-electron chi connectivity index (χ4n) is 11.4. The fraction of sp³-hybridized carbons (Fsp3) is 0.674. The number of hydrogen-bond acceptors (Lipinski definition) is 1. The molecule has 1 unspecified atom stereocenters. The Morgan fingerprint density at radius 2 is 1.40 bits per heavy atom. The van der Waals surface area contributed by atoms with Crippen LogP contribution in [0.4, 0.5) is 0 Å². The van der Waals surface area contributed by atoms with E-state index in [0.29, 0.717) is 16.9 Å². The first kappa shape index (κ1) is 33.3. The van der Waals surface area contributed by atoms with Crippen molar-refractivity contribution in [2.45, 2.75) is 149 Å². The highest BCUT2D eigenvalue weighted by molar-refractivity contribution is 6.99. The van der Waals surface area contributed by atoms with Crippen molar-refractivity contribution in [3.63, 3.8) is 0 Å². The topological polar surface area (TPSA) is 9.23 Å². The van der Waals surface area contributed by atoms with Gasteiger partial charge in [0.25, 0.3) is 8.32 Å². The van der Waals surface area contributed by atoms with Gasteiger partial charge in [0.15, 0.2) is 0 Å². The molecule has 2 heteroatoms. The number of allylic oxidation sites excluding steroid dienone is 1. The van der Waals surface area contributed by atoms with Crippen LogP contribution in [0.3, 0.4) is 0 Å². The van der Waals surface area contributed by atoms with Gasteiger partial charge in [-0.25, -0.2) is 0 Å². The van der Waals surface area contributed by atoms with Crippen molar-refractivity contribution >= 4 is 18.7 Å². The normalized spacial score (nSPS) is 33.2. The van der Waals surface area contributed by atoms with E-state index in [0.717, 1.165) is 30.1 Å². The Morgan fingerprint density at radius 3 is 2.04 bits per heavy atom. The van der Waals surface area contributed by atoms with Gasteiger partial charge in [0.1, 0.15) is 0 Å². The summed E-state index contributed by atoms with van der Waals surface area (Å²) in [6, 6.07) is 22.6. The lowest BCUT2D eigenvalue weighted by atomic mass is 9.47. The zero-order chi connectivity index (χ0) is 31.7. The lowest BCUT2D eigenvalue weighted by molar-refractivity contribution is -0.0497. The van der Waals surface area contributed by atoms with Crippen LogP contribution in [0, 0.1) is 34.5 Å². The van der Waals surface area contributed by atoms with Gasteiger partial charge in [-0.1, -0.05) is 152 Å². The molecule has 6 rings (SSSR count). The minimum Gasteiger partial charge on any atom is -0.404 e. The van der Waals surface area contributed by atoms with Crippen LogP contribution in [0.2, 0.25) is 5.04 Å². The standard InChI is InChI=1S/C43H64OSi/c1-7-8-9-10-11-14-19-33-25-27-39-38-26-24-34-32-35(28-30-43(34,6)40(38)29-31-42(33,39)5)44-45(41(2,3)4,36-20-15-12-16-21-36)37-22-17-13-18-23-37/h12-13,15-18,20-24,33,35,38-40H,7-11,14,19,25-32H2,1-6H3/t33-,35?,38-,39-,40-,42+,43-/m0/s1. The van der Waals surface area contributed by atoms with Crippen LogP contribution >= 0.6 is 0 Å². The first-order valence-corrected chi connectivity index (χ1v) is 21.0. The Hall–Kier alpha value is -1.64. The van der Waals surface area contributed by atoms with Crippen LogP contribution in [-0.2, 0) is 4.43 Å². The largest absolute Gasteiger partial charge is 0.404 e. The Morgan fingerprint density at radius 1 is 0.756 bits per heavy atom. The molecule has 1 nitrogen and oxygen atoms in total. The zero-order valence-electron chi connectivity index (χ0n) is 29.8. The Kier molecular flexibility index (Phi) is 9.95. The van der Waals surface area contributed by atoms with E-state index < -0.39 is 8.32 Å². The second kappa shape index (κ2) is 13.5. The maximum atomic E-state index is 7.71. The van der Waals surface area contributed by atoms with E-state index in [1.54, 1.807) is 5.57 Å². The van der Waals surface area contributed by atoms with Crippen LogP contribution in [0.1, 0.15) is 138 Å². The summed E-state index contributed by atoms with van der Waals surface area (Å²) in [5.41, 5.74) is 2.71. The number of benzene rings is 2. The highest BCUT2D eigenvalue weighted by atomic mass is 28.4. The molecule has 0 amide bonds. The van der Waals surface area contributed by atoms with E-state index in [1.807, 2.05) is 0 Å². The van der Waals surface area contributed by atoms with Crippen molar-refractivity contribution in [3.05, 3.63) is 72.3 Å². The quantitative estimate of drug-likeness (QED) is 0.137. The summed E-state index contributed by atoms with van der Waals surface area (Å²) in [4.78, 5) is 0. The van der Waals surface area contributed by atoms with Crippen LogP contribution in [0.5, 0.6) is 0 Å². The third kappa shape index (κ3) is 6.10. The van der Waals surface area contributed by atoms with Crippen LogP contribution < -0.4 is 10.4 Å². The van der Waals surface area contributed by atoms with Crippen LogP contribution in [0.25, 0.3) is 0 Å². The van der Waals surface area contributed by atoms with E-state index in [9.17, 15) is 0 Å². The second-order valence-electron chi connectivity index (χ2n) is 17.3. The van der Waals surface area contributed by atoms with Gasteiger partial charge in [0, 0.05) is 6.10 Å². The lowest BCUT2D eigenvalue weighted by Crippen LogP contribution is -2.68. The van der Waals surface area contributed by atoms with Crippen molar-refractivity contribution in [1.29, 1.82) is 0 Å². The predicted molar refractivity (Wildman–Crippen MR) is 196 cm³/mol. The summed E-state index contributed by atoms with van der Waals surface area (Å²) in [6.45, 7) is 15.0. The van der Waals surface area contributed by atoms with Crippen molar-refractivity contribution in [1.82, 2.24) is 0 Å². The third-order valence-corrected chi connectivity index (χ3v) is 19.0. The van der Waals surface area contributed by atoms with Gasteiger partial charge < -0.3 is 4.43 Å². The average molecular weight is 625 g/mol. The molecular weight excluding hydrogens is 561 g/mol. The first-order chi connectivity index (χ1) is 21.6. The van der Waals surface area contributed by atoms with E-state index >= 15 is 0 Å². The Labute approximate surface area is 278 Å². The second-order valence-corrected chi connectivity index (χ2v) is 21.5. The van der Waals surface area contributed by atoms with Crippen molar-refractivity contribution < 1.29 is 4.43 Å². The molecular formula is C43H64OSi. The lowest BCUT2D eigenvalue weighted by Gasteiger charge is -2.58. The fourth-order valence-corrected chi connectivity index (χ4v) is 16.1. The minimum atomic E-state index is -2.54. The van der Waals surface area contributed by atoms with E-state index in [2.05, 4.69) is 108 Å². The molecule has 0 aromatic heterocycles. The van der Waals surface area contributed by atoms with Gasteiger partial charge >= 0.3 is 0 Å². The van der Waals surface area contributed by atoms with Gasteiger partial charge in [-0.05, 0) is 108 Å². The van der Waals surface area contributed by atoms with Gasteiger partial charge in [-0.3, -0.25) is 0 Å². The highest BCUT2D eigenvalue weighted by Crippen LogP contribution is 2.67. The third-order valence-electron chi connectivity index (χ3n) is 13.9. The van der Waals surface area contributed by atoms with E-state index in [1.165, 1.54) is 100 Å². The maximum Gasteiger partial charge on any atom is 0.261 e. The number of rotatable bonds is 11. The molecule has 3 fully saturated rings. The highest BCUT2D eigenvalue weighted by Gasteiger charge is 2.59. The SMILES string of the molecule is CCCCCCCC[C@H]1CC[C@H]2[C@@H]3CC=C4CC(O[Si](c5ccccc5)(c5ccccc5)C(C)(C)C)CC[C@]4(C)[C@H]3CC[C@]12C. The zero-order valence-corrected chi connectivity index (χ0v) is 30.8. The van der Waals surface area contributed by atoms with Crippen molar-refractivity contribution in [2.75, 3.05) is 0 Å². The molecule has 0 aliphatic heterocycles. The van der Waals surface area contributed by atoms with Gasteiger partial charge in [-0.2, -0.15) is 0 Å². The molecule has 0 spiro atoms. The molecule has 7 atom stereocenters. The molecule has 0 bridgehead atoms. The van der Waals surface area contributed by atoms with Crippen molar-refractivity contribution in [3.8, 4) is 0 Å². The molecule has 4 aliphatic carbocycles. The average Bonchev–Trinajstić information content (AvgIpc) is 3.38.